The number of benzene rings is 1. The molecule has 0 unspecified atom stereocenters. The van der Waals surface area contributed by atoms with Gasteiger partial charge < -0.3 is 5.32 Å². The molecule has 3 aromatic rings. The van der Waals surface area contributed by atoms with Crippen LogP contribution in [0.3, 0.4) is 0 Å². The van der Waals surface area contributed by atoms with Crippen molar-refractivity contribution in [3.63, 3.8) is 0 Å². The Kier molecular flexibility index (Phi) is 5.69. The van der Waals surface area contributed by atoms with Crippen molar-refractivity contribution in [2.24, 2.45) is 0 Å². The highest BCUT2D eigenvalue weighted by Crippen LogP contribution is 2.29. The van der Waals surface area contributed by atoms with Crippen LogP contribution in [0.2, 0.25) is 0 Å². The molecule has 0 aliphatic rings. The van der Waals surface area contributed by atoms with E-state index in [0.717, 1.165) is 40.2 Å². The van der Waals surface area contributed by atoms with Gasteiger partial charge in [0.2, 0.25) is 5.91 Å². The summed E-state index contributed by atoms with van der Waals surface area (Å²) >= 11 is 0. The molecule has 1 N–H and O–H groups in total. The van der Waals surface area contributed by atoms with Gasteiger partial charge in [0.25, 0.3) is 0 Å². The van der Waals surface area contributed by atoms with E-state index in [1.807, 2.05) is 56.4 Å². The summed E-state index contributed by atoms with van der Waals surface area (Å²) in [6, 6.07) is 12.0. The second-order valence-electron chi connectivity index (χ2n) is 6.14. The third-order valence-corrected chi connectivity index (χ3v) is 4.09. The first-order valence-corrected chi connectivity index (χ1v) is 8.77. The molecule has 0 saturated heterocycles. The Labute approximate surface area is 153 Å². The highest BCUT2D eigenvalue weighted by Gasteiger charge is 2.10. The van der Waals surface area contributed by atoms with Crippen molar-refractivity contribution in [2.45, 2.75) is 33.2 Å². The summed E-state index contributed by atoms with van der Waals surface area (Å²) in [7, 11) is 0. The molecule has 0 saturated carbocycles. The molecule has 1 amide bonds. The number of hydrogen-bond donors (Lipinski definition) is 1. The van der Waals surface area contributed by atoms with Crippen LogP contribution in [0, 0.1) is 6.92 Å². The number of nitrogens with one attached hydrogen (secondary N) is 1. The fraction of sp³-hybridized carbons (Fsp3) is 0.238. The molecule has 2 heterocycles. The lowest BCUT2D eigenvalue weighted by Crippen LogP contribution is -2.21. The first-order valence-electron chi connectivity index (χ1n) is 8.77. The predicted molar refractivity (Wildman–Crippen MR) is 102 cm³/mol. The summed E-state index contributed by atoms with van der Waals surface area (Å²) in [5.74, 6) is 0.816. The Morgan fingerprint density at radius 3 is 2.46 bits per heavy atom. The van der Waals surface area contributed by atoms with Gasteiger partial charge in [0.15, 0.2) is 0 Å². The average Bonchev–Trinajstić information content (AvgIpc) is 2.68. The van der Waals surface area contributed by atoms with E-state index >= 15 is 0 Å². The Bertz CT molecular complexity index is 876. The van der Waals surface area contributed by atoms with Gasteiger partial charge in [-0.05, 0) is 36.6 Å². The Morgan fingerprint density at radius 2 is 1.77 bits per heavy atom. The van der Waals surface area contributed by atoms with E-state index in [2.05, 4.69) is 20.3 Å². The number of nitrogens with zero attached hydrogens (tertiary/aromatic N) is 3. The first-order chi connectivity index (χ1) is 12.7. The summed E-state index contributed by atoms with van der Waals surface area (Å²) in [5.41, 5.74) is 4.98. The number of amides is 1. The van der Waals surface area contributed by atoms with Crippen molar-refractivity contribution in [1.82, 2.24) is 20.3 Å². The molecule has 5 heteroatoms. The van der Waals surface area contributed by atoms with Crippen LogP contribution in [0.5, 0.6) is 0 Å². The minimum atomic E-state index is 0.0861. The lowest BCUT2D eigenvalue weighted by Gasteiger charge is -2.11. The summed E-state index contributed by atoms with van der Waals surface area (Å²) in [5, 5.41) is 2.93. The second-order valence-corrected chi connectivity index (χ2v) is 6.14. The van der Waals surface area contributed by atoms with Crippen LogP contribution in [0.25, 0.3) is 22.4 Å². The normalized spacial score (nSPS) is 10.5. The number of aromatic nitrogens is 3. The summed E-state index contributed by atoms with van der Waals surface area (Å²) in [6.45, 7) is 4.43. The molecule has 0 radical (unpaired) electrons. The Balaban J connectivity index is 1.85. The summed E-state index contributed by atoms with van der Waals surface area (Å²) < 4.78 is 0. The average molecular weight is 346 g/mol. The van der Waals surface area contributed by atoms with Crippen molar-refractivity contribution in [3.8, 4) is 22.4 Å². The molecule has 0 aliphatic heterocycles. The molecule has 0 fully saturated rings. The minimum Gasteiger partial charge on any atom is -0.352 e. The molecule has 0 spiro atoms. The van der Waals surface area contributed by atoms with Crippen LogP contribution >= 0.6 is 0 Å². The lowest BCUT2D eigenvalue weighted by atomic mass is 10.0. The van der Waals surface area contributed by atoms with Crippen LogP contribution in [0.4, 0.5) is 0 Å². The van der Waals surface area contributed by atoms with E-state index in [4.69, 9.17) is 0 Å². The monoisotopic (exact) mass is 346 g/mol. The van der Waals surface area contributed by atoms with Crippen LogP contribution in [-0.4, -0.2) is 20.9 Å². The largest absolute Gasteiger partial charge is 0.352 e. The van der Waals surface area contributed by atoms with E-state index in [1.54, 1.807) is 12.4 Å². The Morgan fingerprint density at radius 1 is 1.04 bits per heavy atom. The zero-order valence-electron chi connectivity index (χ0n) is 15.1. The number of pyridine rings is 1. The number of carbonyl (C=O) groups excluding carboxylic acids is 1. The van der Waals surface area contributed by atoms with Crippen molar-refractivity contribution in [1.29, 1.82) is 0 Å². The molecule has 5 nitrogen and oxygen atoms in total. The van der Waals surface area contributed by atoms with Gasteiger partial charge in [-0.1, -0.05) is 31.2 Å². The molecular formula is C21H22N4O. The van der Waals surface area contributed by atoms with Gasteiger partial charge in [-0.15, -0.1) is 0 Å². The van der Waals surface area contributed by atoms with Gasteiger partial charge in [-0.2, -0.15) is 0 Å². The van der Waals surface area contributed by atoms with Crippen molar-refractivity contribution < 1.29 is 4.79 Å². The van der Waals surface area contributed by atoms with Crippen LogP contribution in [0.15, 0.2) is 55.0 Å². The van der Waals surface area contributed by atoms with Gasteiger partial charge in [0, 0.05) is 42.7 Å². The molecular weight excluding hydrogens is 324 g/mol. The minimum absolute atomic E-state index is 0.0861. The Hall–Kier alpha value is -3.08. The van der Waals surface area contributed by atoms with Gasteiger partial charge in [-0.25, -0.2) is 9.97 Å². The number of rotatable bonds is 6. The van der Waals surface area contributed by atoms with Gasteiger partial charge in [0.1, 0.15) is 5.82 Å². The molecule has 1 aromatic carbocycles. The van der Waals surface area contributed by atoms with E-state index < -0.39 is 0 Å². The highest BCUT2D eigenvalue weighted by molar-refractivity contribution is 5.80. The second kappa shape index (κ2) is 8.34. The van der Waals surface area contributed by atoms with Crippen LogP contribution in [-0.2, 0) is 11.3 Å². The predicted octanol–water partition coefficient (Wildman–Crippen LogP) is 3.93. The van der Waals surface area contributed by atoms with Gasteiger partial charge >= 0.3 is 0 Å². The smallest absolute Gasteiger partial charge is 0.220 e. The van der Waals surface area contributed by atoms with E-state index in [1.165, 1.54) is 0 Å². The SMILES string of the molecule is CCCC(=O)NCc1ccc(-c2nc(C)ncc2-c2ccncc2)cc1. The van der Waals surface area contributed by atoms with E-state index in [9.17, 15) is 4.79 Å². The van der Waals surface area contributed by atoms with Crippen LogP contribution in [0.1, 0.15) is 31.2 Å². The molecule has 0 aliphatic carbocycles. The number of hydrogen-bond acceptors (Lipinski definition) is 4. The highest BCUT2D eigenvalue weighted by atomic mass is 16.1. The molecule has 132 valence electrons. The lowest BCUT2D eigenvalue weighted by molar-refractivity contribution is -0.121. The standard InChI is InChI=1S/C21H22N4O/c1-3-4-20(26)24-13-16-5-7-18(8-6-16)21-19(14-23-15(2)25-21)17-9-11-22-12-10-17/h5-12,14H,3-4,13H2,1-2H3,(H,24,26). The fourth-order valence-electron chi connectivity index (χ4n) is 2.73. The molecule has 2 aromatic heterocycles. The first kappa shape index (κ1) is 17.7. The van der Waals surface area contributed by atoms with Crippen molar-refractivity contribution in [3.05, 3.63) is 66.4 Å². The van der Waals surface area contributed by atoms with Crippen molar-refractivity contribution in [2.75, 3.05) is 0 Å². The maximum atomic E-state index is 11.6. The van der Waals surface area contributed by atoms with Crippen molar-refractivity contribution >= 4 is 5.91 Å². The van der Waals surface area contributed by atoms with E-state index in [-0.39, 0.29) is 5.91 Å². The fourth-order valence-corrected chi connectivity index (χ4v) is 2.73. The van der Waals surface area contributed by atoms with E-state index in [0.29, 0.717) is 13.0 Å². The molecule has 0 atom stereocenters. The van der Waals surface area contributed by atoms with Gasteiger partial charge in [0.05, 0.1) is 5.69 Å². The molecule has 3 rings (SSSR count). The topological polar surface area (TPSA) is 67.8 Å². The quantitative estimate of drug-likeness (QED) is 0.734. The number of carbonyl (C=O) groups is 1. The number of aryl methyl sites for hydroxylation is 1. The summed E-state index contributed by atoms with van der Waals surface area (Å²) in [6.07, 6.45) is 6.80. The zero-order chi connectivity index (χ0) is 18.4. The maximum Gasteiger partial charge on any atom is 0.220 e. The third kappa shape index (κ3) is 4.30. The third-order valence-electron chi connectivity index (χ3n) is 4.09. The molecule has 0 bridgehead atoms. The zero-order valence-corrected chi connectivity index (χ0v) is 15.1. The summed E-state index contributed by atoms with van der Waals surface area (Å²) in [4.78, 5) is 24.7. The van der Waals surface area contributed by atoms with Crippen LogP contribution < -0.4 is 5.32 Å². The van der Waals surface area contributed by atoms with Gasteiger partial charge in [-0.3, -0.25) is 9.78 Å². The maximum absolute atomic E-state index is 11.6. The molecule has 26 heavy (non-hydrogen) atoms.